The van der Waals surface area contributed by atoms with E-state index in [4.69, 9.17) is 10.5 Å². The second-order valence-corrected chi connectivity index (χ2v) is 4.48. The van der Waals surface area contributed by atoms with Crippen LogP contribution in [0, 0.1) is 13.8 Å². The van der Waals surface area contributed by atoms with Crippen LogP contribution in [0.2, 0.25) is 0 Å². The lowest BCUT2D eigenvalue weighted by Crippen LogP contribution is -2.26. The van der Waals surface area contributed by atoms with E-state index >= 15 is 0 Å². The van der Waals surface area contributed by atoms with E-state index in [-0.39, 0.29) is 13.2 Å². The van der Waals surface area contributed by atoms with Crippen molar-refractivity contribution >= 4 is 15.9 Å². The van der Waals surface area contributed by atoms with E-state index in [1.165, 1.54) is 0 Å². The zero-order chi connectivity index (χ0) is 11.4. The monoisotopic (exact) mass is 273 g/mol. The molecule has 0 aliphatic carbocycles. The average Bonchev–Trinajstić information content (AvgIpc) is 2.15. The number of aliphatic hydroxyl groups is 1. The van der Waals surface area contributed by atoms with Gasteiger partial charge in [-0.2, -0.15) is 0 Å². The van der Waals surface area contributed by atoms with Crippen LogP contribution < -0.4 is 10.5 Å². The molecule has 0 saturated heterocycles. The van der Waals surface area contributed by atoms with Crippen molar-refractivity contribution in [1.29, 1.82) is 0 Å². The van der Waals surface area contributed by atoms with Crippen molar-refractivity contribution in [2.45, 2.75) is 20.0 Å². The fourth-order valence-corrected chi connectivity index (χ4v) is 2.06. The maximum atomic E-state index is 9.30. The van der Waals surface area contributed by atoms with Gasteiger partial charge in [0.1, 0.15) is 18.5 Å². The molecule has 0 bridgehead atoms. The first-order valence-electron chi connectivity index (χ1n) is 4.82. The zero-order valence-electron chi connectivity index (χ0n) is 8.96. The lowest BCUT2D eigenvalue weighted by molar-refractivity contribution is 0.113. The lowest BCUT2D eigenvalue weighted by Gasteiger charge is -2.14. The molecule has 15 heavy (non-hydrogen) atoms. The standard InChI is InChI=1S/C11H16BrNO2/c1-7-3-9(12)4-8(2)11(7)15-6-10(14)5-13/h3-4,10,14H,5-6,13H2,1-2H3/t10-/m0/s1. The summed E-state index contributed by atoms with van der Waals surface area (Å²) in [7, 11) is 0. The zero-order valence-corrected chi connectivity index (χ0v) is 10.5. The Kier molecular flexibility index (Phi) is 4.57. The summed E-state index contributed by atoms with van der Waals surface area (Å²) in [6, 6.07) is 3.97. The molecule has 0 heterocycles. The van der Waals surface area contributed by atoms with E-state index in [1.807, 2.05) is 26.0 Å². The molecule has 1 aromatic carbocycles. The Morgan fingerprint density at radius 1 is 1.40 bits per heavy atom. The fraction of sp³-hybridized carbons (Fsp3) is 0.455. The predicted octanol–water partition coefficient (Wildman–Crippen LogP) is 1.76. The smallest absolute Gasteiger partial charge is 0.125 e. The van der Waals surface area contributed by atoms with E-state index in [2.05, 4.69) is 15.9 Å². The highest BCUT2D eigenvalue weighted by molar-refractivity contribution is 9.10. The van der Waals surface area contributed by atoms with Gasteiger partial charge in [-0.05, 0) is 37.1 Å². The number of rotatable bonds is 4. The van der Waals surface area contributed by atoms with Gasteiger partial charge in [0.2, 0.25) is 0 Å². The molecule has 84 valence electrons. The maximum Gasteiger partial charge on any atom is 0.125 e. The number of benzene rings is 1. The van der Waals surface area contributed by atoms with Gasteiger partial charge >= 0.3 is 0 Å². The number of ether oxygens (including phenoxy) is 1. The Morgan fingerprint density at radius 2 is 1.93 bits per heavy atom. The topological polar surface area (TPSA) is 55.5 Å². The molecule has 0 fully saturated rings. The third kappa shape index (κ3) is 3.48. The highest BCUT2D eigenvalue weighted by atomic mass is 79.9. The van der Waals surface area contributed by atoms with Crippen molar-refractivity contribution in [3.63, 3.8) is 0 Å². The molecule has 0 unspecified atom stereocenters. The molecule has 1 atom stereocenters. The van der Waals surface area contributed by atoms with E-state index in [0.29, 0.717) is 0 Å². The number of hydrogen-bond donors (Lipinski definition) is 2. The molecule has 0 radical (unpaired) electrons. The molecule has 0 spiro atoms. The molecule has 0 aliphatic rings. The van der Waals surface area contributed by atoms with Crippen molar-refractivity contribution in [1.82, 2.24) is 0 Å². The molecule has 0 amide bonds. The summed E-state index contributed by atoms with van der Waals surface area (Å²) >= 11 is 3.42. The van der Waals surface area contributed by atoms with Crippen molar-refractivity contribution in [2.24, 2.45) is 5.73 Å². The highest BCUT2D eigenvalue weighted by Gasteiger charge is 2.08. The minimum absolute atomic E-state index is 0.217. The van der Waals surface area contributed by atoms with E-state index in [9.17, 15) is 5.11 Å². The minimum Gasteiger partial charge on any atom is -0.490 e. The van der Waals surface area contributed by atoms with Crippen molar-refractivity contribution in [2.75, 3.05) is 13.2 Å². The first-order chi connectivity index (χ1) is 7.04. The Bertz CT molecular complexity index is 318. The van der Waals surface area contributed by atoms with Gasteiger partial charge in [0.05, 0.1) is 0 Å². The Hall–Kier alpha value is -0.580. The third-order valence-corrected chi connectivity index (χ3v) is 2.58. The van der Waals surface area contributed by atoms with Crippen LogP contribution in [0.3, 0.4) is 0 Å². The quantitative estimate of drug-likeness (QED) is 0.879. The highest BCUT2D eigenvalue weighted by Crippen LogP contribution is 2.27. The largest absolute Gasteiger partial charge is 0.490 e. The van der Waals surface area contributed by atoms with Gasteiger partial charge < -0.3 is 15.6 Å². The van der Waals surface area contributed by atoms with Gasteiger partial charge in [0, 0.05) is 11.0 Å². The summed E-state index contributed by atoms with van der Waals surface area (Å²) in [5, 5.41) is 9.30. The second kappa shape index (κ2) is 5.49. The Balaban J connectivity index is 2.77. The van der Waals surface area contributed by atoms with Gasteiger partial charge in [-0.25, -0.2) is 0 Å². The van der Waals surface area contributed by atoms with Crippen molar-refractivity contribution < 1.29 is 9.84 Å². The SMILES string of the molecule is Cc1cc(Br)cc(C)c1OC[C@@H](O)CN. The first-order valence-corrected chi connectivity index (χ1v) is 5.61. The van der Waals surface area contributed by atoms with E-state index < -0.39 is 6.10 Å². The van der Waals surface area contributed by atoms with E-state index in [0.717, 1.165) is 21.3 Å². The number of halogens is 1. The van der Waals surface area contributed by atoms with Crippen LogP contribution in [0.5, 0.6) is 5.75 Å². The minimum atomic E-state index is -0.604. The molecule has 0 aliphatic heterocycles. The number of hydrogen-bond acceptors (Lipinski definition) is 3. The summed E-state index contributed by atoms with van der Waals surface area (Å²) in [5.74, 6) is 0.825. The molecule has 1 aromatic rings. The Labute approximate surface area is 98.4 Å². The predicted molar refractivity (Wildman–Crippen MR) is 64.2 cm³/mol. The summed E-state index contributed by atoms with van der Waals surface area (Å²) < 4.78 is 6.56. The summed E-state index contributed by atoms with van der Waals surface area (Å²) in [6.45, 7) is 4.40. The van der Waals surface area contributed by atoms with Crippen LogP contribution >= 0.6 is 15.9 Å². The van der Waals surface area contributed by atoms with Gasteiger partial charge in [0.25, 0.3) is 0 Å². The molecular weight excluding hydrogens is 258 g/mol. The van der Waals surface area contributed by atoms with Crippen LogP contribution in [-0.4, -0.2) is 24.4 Å². The molecule has 3 nitrogen and oxygen atoms in total. The fourth-order valence-electron chi connectivity index (χ4n) is 1.37. The van der Waals surface area contributed by atoms with E-state index in [1.54, 1.807) is 0 Å². The third-order valence-electron chi connectivity index (χ3n) is 2.12. The van der Waals surface area contributed by atoms with Crippen molar-refractivity contribution in [3.05, 3.63) is 27.7 Å². The number of aliphatic hydroxyl groups excluding tert-OH is 1. The van der Waals surface area contributed by atoms with Gasteiger partial charge in [-0.1, -0.05) is 15.9 Å². The Morgan fingerprint density at radius 3 is 2.40 bits per heavy atom. The number of nitrogens with two attached hydrogens (primary N) is 1. The molecular formula is C11H16BrNO2. The molecule has 0 saturated carbocycles. The maximum absolute atomic E-state index is 9.30. The summed E-state index contributed by atoms with van der Waals surface area (Å²) in [4.78, 5) is 0. The summed E-state index contributed by atoms with van der Waals surface area (Å²) in [5.41, 5.74) is 7.39. The lowest BCUT2D eigenvalue weighted by atomic mass is 10.1. The summed E-state index contributed by atoms with van der Waals surface area (Å²) in [6.07, 6.45) is -0.604. The second-order valence-electron chi connectivity index (χ2n) is 3.57. The van der Waals surface area contributed by atoms with Crippen LogP contribution in [0.25, 0.3) is 0 Å². The van der Waals surface area contributed by atoms with Gasteiger partial charge in [-0.15, -0.1) is 0 Å². The molecule has 1 rings (SSSR count). The van der Waals surface area contributed by atoms with Crippen LogP contribution in [0.15, 0.2) is 16.6 Å². The molecule has 0 aromatic heterocycles. The number of aryl methyl sites for hydroxylation is 2. The molecule has 4 heteroatoms. The average molecular weight is 274 g/mol. The molecule has 3 N–H and O–H groups in total. The van der Waals surface area contributed by atoms with Gasteiger partial charge in [-0.3, -0.25) is 0 Å². The van der Waals surface area contributed by atoms with Crippen LogP contribution in [-0.2, 0) is 0 Å². The van der Waals surface area contributed by atoms with Gasteiger partial charge in [0.15, 0.2) is 0 Å². The van der Waals surface area contributed by atoms with Crippen LogP contribution in [0.4, 0.5) is 0 Å². The van der Waals surface area contributed by atoms with Crippen molar-refractivity contribution in [3.8, 4) is 5.75 Å². The first kappa shape index (κ1) is 12.5. The normalized spacial score (nSPS) is 12.6. The van der Waals surface area contributed by atoms with Crippen LogP contribution in [0.1, 0.15) is 11.1 Å².